The third-order valence-corrected chi connectivity index (χ3v) is 5.82. The molecular formula is C16H33NO2SSi. The van der Waals surface area contributed by atoms with Crippen LogP contribution in [-0.4, -0.2) is 32.1 Å². The lowest BCUT2D eigenvalue weighted by Crippen LogP contribution is -2.33. The molecule has 0 aromatic rings. The van der Waals surface area contributed by atoms with Gasteiger partial charge in [0, 0.05) is 26.8 Å². The van der Waals surface area contributed by atoms with E-state index in [-0.39, 0.29) is 17.6 Å². The number of nitrogens with one attached hydrogen (secondary N) is 1. The molecule has 0 fully saturated rings. The van der Waals surface area contributed by atoms with Crippen LogP contribution in [0.1, 0.15) is 45.4 Å². The second-order valence-electron chi connectivity index (χ2n) is 7.16. The number of rotatable bonds is 12. The molecule has 0 spiro atoms. The third kappa shape index (κ3) is 13.1. The van der Waals surface area contributed by atoms with E-state index in [0.29, 0.717) is 12.2 Å². The number of unbranched alkanes of at least 4 members (excludes halogenated alkanes) is 4. The largest absolute Gasteiger partial charge is 0.356 e. The summed E-state index contributed by atoms with van der Waals surface area (Å²) >= 11 is 4.14. The highest BCUT2D eigenvalue weighted by Gasteiger charge is 2.18. The van der Waals surface area contributed by atoms with Gasteiger partial charge in [0.25, 0.3) is 0 Å². The van der Waals surface area contributed by atoms with Gasteiger partial charge in [-0.05, 0) is 13.3 Å². The molecule has 0 unspecified atom stereocenters. The van der Waals surface area contributed by atoms with E-state index in [1.165, 1.54) is 38.7 Å². The molecule has 0 radical (unpaired) electrons. The predicted octanol–water partition coefficient (Wildman–Crippen LogP) is 3.92. The molecule has 0 saturated carbocycles. The predicted molar refractivity (Wildman–Crippen MR) is 96.9 cm³/mol. The Hall–Kier alpha value is -0.293. The lowest BCUT2D eigenvalue weighted by atomic mass is 10.0. The number of amides is 1. The molecular weight excluding hydrogens is 298 g/mol. The minimum absolute atomic E-state index is 0.0288. The van der Waals surface area contributed by atoms with E-state index in [1.54, 1.807) is 0 Å². The standard InChI is InChI=1S/C16H33NO2SSi/c1-14(18)12-15(13-20)16(19)17-10-8-6-5-7-9-11-21(2,3)4/h15,20H,5-13H2,1-4H3,(H,17,19)/t15-/m0/s1. The molecule has 0 aliphatic rings. The summed E-state index contributed by atoms with van der Waals surface area (Å²) < 4.78 is 0. The molecule has 0 bridgehead atoms. The number of hydrogen-bond donors (Lipinski definition) is 2. The molecule has 3 nitrogen and oxygen atoms in total. The van der Waals surface area contributed by atoms with Gasteiger partial charge in [0.05, 0.1) is 5.92 Å². The van der Waals surface area contributed by atoms with Gasteiger partial charge in [0.15, 0.2) is 0 Å². The normalized spacial score (nSPS) is 13.0. The Morgan fingerprint density at radius 3 is 2.14 bits per heavy atom. The smallest absolute Gasteiger partial charge is 0.224 e. The lowest BCUT2D eigenvalue weighted by Gasteiger charge is -2.15. The first-order valence-electron chi connectivity index (χ1n) is 8.14. The fourth-order valence-corrected chi connectivity index (χ4v) is 3.86. The van der Waals surface area contributed by atoms with Gasteiger partial charge in [-0.1, -0.05) is 51.4 Å². The Kier molecular flexibility index (Phi) is 11.1. The molecule has 1 atom stereocenters. The topological polar surface area (TPSA) is 46.2 Å². The summed E-state index contributed by atoms with van der Waals surface area (Å²) in [7, 11) is -0.870. The molecule has 124 valence electrons. The highest BCUT2D eigenvalue weighted by Crippen LogP contribution is 2.15. The Bertz CT molecular complexity index is 316. The van der Waals surface area contributed by atoms with Crippen LogP contribution in [-0.2, 0) is 9.59 Å². The van der Waals surface area contributed by atoms with Gasteiger partial charge >= 0.3 is 0 Å². The van der Waals surface area contributed by atoms with Gasteiger partial charge in [-0.25, -0.2) is 0 Å². The van der Waals surface area contributed by atoms with Gasteiger partial charge in [-0.15, -0.1) is 0 Å². The SMILES string of the molecule is CC(=O)C[C@@H](CS)C(=O)NCCCCCCC[Si](C)(C)C. The van der Waals surface area contributed by atoms with Crippen LogP contribution >= 0.6 is 12.6 Å². The number of carbonyl (C=O) groups excluding carboxylic acids is 2. The number of hydrogen-bond acceptors (Lipinski definition) is 3. The van der Waals surface area contributed by atoms with E-state index in [1.807, 2.05) is 0 Å². The van der Waals surface area contributed by atoms with Gasteiger partial charge in [0.2, 0.25) is 5.91 Å². The minimum atomic E-state index is -0.870. The first kappa shape index (κ1) is 20.7. The third-order valence-electron chi connectivity index (χ3n) is 3.53. The Morgan fingerprint density at radius 1 is 1.05 bits per heavy atom. The maximum absolute atomic E-state index is 11.8. The zero-order valence-corrected chi connectivity index (χ0v) is 16.1. The summed E-state index contributed by atoms with van der Waals surface area (Å²) in [6.45, 7) is 9.49. The van der Waals surface area contributed by atoms with Gasteiger partial charge in [-0.3, -0.25) is 4.79 Å². The zero-order valence-electron chi connectivity index (χ0n) is 14.2. The Morgan fingerprint density at radius 2 is 1.62 bits per heavy atom. The van der Waals surface area contributed by atoms with Gasteiger partial charge in [-0.2, -0.15) is 12.6 Å². The van der Waals surface area contributed by atoms with Crippen LogP contribution in [0.5, 0.6) is 0 Å². The van der Waals surface area contributed by atoms with Crippen LogP contribution in [0.25, 0.3) is 0 Å². The Balaban J connectivity index is 3.57. The monoisotopic (exact) mass is 331 g/mol. The molecule has 1 amide bonds. The van der Waals surface area contributed by atoms with E-state index in [9.17, 15) is 9.59 Å². The van der Waals surface area contributed by atoms with Crippen molar-refractivity contribution in [2.75, 3.05) is 12.3 Å². The highest BCUT2D eigenvalue weighted by atomic mass is 32.1. The number of thiol groups is 1. The molecule has 1 N–H and O–H groups in total. The number of carbonyl (C=O) groups is 2. The molecule has 0 aliphatic carbocycles. The summed E-state index contributed by atoms with van der Waals surface area (Å²) in [6, 6.07) is 1.42. The molecule has 0 aliphatic heterocycles. The van der Waals surface area contributed by atoms with Crippen molar-refractivity contribution in [3.63, 3.8) is 0 Å². The van der Waals surface area contributed by atoms with Crippen molar-refractivity contribution in [1.29, 1.82) is 0 Å². The fourth-order valence-electron chi connectivity index (χ4n) is 2.25. The average Bonchev–Trinajstić information content (AvgIpc) is 2.37. The van der Waals surface area contributed by atoms with Crippen molar-refractivity contribution in [3.8, 4) is 0 Å². The van der Waals surface area contributed by atoms with E-state index in [4.69, 9.17) is 0 Å². The van der Waals surface area contributed by atoms with E-state index < -0.39 is 8.07 Å². The highest BCUT2D eigenvalue weighted by molar-refractivity contribution is 7.80. The van der Waals surface area contributed by atoms with E-state index in [0.717, 1.165) is 13.0 Å². The summed E-state index contributed by atoms with van der Waals surface area (Å²) in [6.07, 6.45) is 6.41. The molecule has 0 heterocycles. The quantitative estimate of drug-likeness (QED) is 0.323. The number of ketones is 1. The van der Waals surface area contributed by atoms with Crippen LogP contribution in [0.2, 0.25) is 25.7 Å². The number of Topliss-reactive ketones (excluding diaryl/α,β-unsaturated/α-hetero) is 1. The summed E-state index contributed by atoms with van der Waals surface area (Å²) in [5.41, 5.74) is 0. The van der Waals surface area contributed by atoms with Crippen LogP contribution < -0.4 is 5.32 Å². The first-order valence-corrected chi connectivity index (χ1v) is 12.5. The van der Waals surface area contributed by atoms with Crippen molar-refractivity contribution in [3.05, 3.63) is 0 Å². The molecule has 21 heavy (non-hydrogen) atoms. The second kappa shape index (κ2) is 11.3. The average molecular weight is 332 g/mol. The van der Waals surface area contributed by atoms with Crippen molar-refractivity contribution in [1.82, 2.24) is 5.32 Å². The molecule has 0 aromatic heterocycles. The maximum atomic E-state index is 11.8. The van der Waals surface area contributed by atoms with Gasteiger partial charge in [0.1, 0.15) is 5.78 Å². The summed E-state index contributed by atoms with van der Waals surface area (Å²) in [5, 5.41) is 2.92. The first-order chi connectivity index (χ1) is 9.76. The van der Waals surface area contributed by atoms with Crippen molar-refractivity contribution in [2.45, 2.75) is 71.1 Å². The van der Waals surface area contributed by atoms with Crippen molar-refractivity contribution < 1.29 is 9.59 Å². The Labute approximate surface area is 137 Å². The van der Waals surface area contributed by atoms with Crippen molar-refractivity contribution >= 4 is 32.4 Å². The van der Waals surface area contributed by atoms with Crippen LogP contribution in [0, 0.1) is 5.92 Å². The maximum Gasteiger partial charge on any atom is 0.224 e. The van der Waals surface area contributed by atoms with Crippen molar-refractivity contribution in [2.24, 2.45) is 5.92 Å². The van der Waals surface area contributed by atoms with Crippen LogP contribution in [0.4, 0.5) is 0 Å². The van der Waals surface area contributed by atoms with Crippen LogP contribution in [0.3, 0.4) is 0 Å². The van der Waals surface area contributed by atoms with E-state index >= 15 is 0 Å². The summed E-state index contributed by atoms with van der Waals surface area (Å²) in [5.74, 6) is 0.176. The van der Waals surface area contributed by atoms with Crippen LogP contribution in [0.15, 0.2) is 0 Å². The minimum Gasteiger partial charge on any atom is -0.356 e. The fraction of sp³-hybridized carbons (Fsp3) is 0.875. The molecule has 0 aromatic carbocycles. The molecule has 5 heteroatoms. The molecule has 0 rings (SSSR count). The van der Waals surface area contributed by atoms with Gasteiger partial charge < -0.3 is 10.1 Å². The second-order valence-corrected chi connectivity index (χ2v) is 13.1. The zero-order chi connectivity index (χ0) is 16.3. The van der Waals surface area contributed by atoms with E-state index in [2.05, 4.69) is 37.6 Å². The summed E-state index contributed by atoms with van der Waals surface area (Å²) in [4.78, 5) is 22.9. The lowest BCUT2D eigenvalue weighted by molar-refractivity contribution is -0.128. The molecule has 0 saturated heterocycles.